The molecule has 2 rings (SSSR count). The van der Waals surface area contributed by atoms with Gasteiger partial charge in [0.05, 0.1) is 11.4 Å². The summed E-state index contributed by atoms with van der Waals surface area (Å²) in [5, 5.41) is 1.73. The molecule has 1 aromatic carbocycles. The van der Waals surface area contributed by atoms with Crippen LogP contribution >= 0.6 is 11.6 Å². The standard InChI is InChI=1S/C13H15ClN2O2S/c1-10(7-14)9-19(17,18)16-13-4-2-3-11-8-15-6-5-12(11)13/h2-6,8,10,16H,7,9H2,1H3. The molecule has 0 bridgehead atoms. The molecule has 0 fully saturated rings. The van der Waals surface area contributed by atoms with Gasteiger partial charge in [-0.3, -0.25) is 9.71 Å². The number of aromatic nitrogens is 1. The predicted molar refractivity (Wildman–Crippen MR) is 79.0 cm³/mol. The average Bonchev–Trinajstić information content (AvgIpc) is 2.38. The summed E-state index contributed by atoms with van der Waals surface area (Å²) in [7, 11) is -3.39. The number of fused-ring (bicyclic) bond motifs is 1. The van der Waals surface area contributed by atoms with Gasteiger partial charge >= 0.3 is 0 Å². The fourth-order valence-corrected chi connectivity index (χ4v) is 3.54. The maximum atomic E-state index is 12.0. The van der Waals surface area contributed by atoms with E-state index in [1.807, 2.05) is 6.07 Å². The van der Waals surface area contributed by atoms with Crippen LogP contribution in [0.25, 0.3) is 10.8 Å². The zero-order chi connectivity index (χ0) is 13.9. The number of nitrogens with zero attached hydrogens (tertiary/aromatic N) is 1. The van der Waals surface area contributed by atoms with Crippen molar-refractivity contribution in [3.05, 3.63) is 36.7 Å². The van der Waals surface area contributed by atoms with Gasteiger partial charge < -0.3 is 0 Å². The number of rotatable bonds is 5. The number of nitrogens with one attached hydrogen (secondary N) is 1. The van der Waals surface area contributed by atoms with Gasteiger partial charge in [-0.05, 0) is 18.1 Å². The van der Waals surface area contributed by atoms with Gasteiger partial charge in [0.25, 0.3) is 0 Å². The first-order valence-corrected chi connectivity index (χ1v) is 8.10. The molecule has 2 aromatic rings. The van der Waals surface area contributed by atoms with Crippen molar-refractivity contribution in [3.63, 3.8) is 0 Å². The minimum Gasteiger partial charge on any atom is -0.283 e. The topological polar surface area (TPSA) is 59.1 Å². The molecule has 19 heavy (non-hydrogen) atoms. The zero-order valence-corrected chi connectivity index (χ0v) is 12.1. The number of hydrogen-bond acceptors (Lipinski definition) is 3. The van der Waals surface area contributed by atoms with Crippen LogP contribution in [0.15, 0.2) is 36.7 Å². The van der Waals surface area contributed by atoms with Gasteiger partial charge in [0.2, 0.25) is 10.0 Å². The number of sulfonamides is 1. The number of halogens is 1. The Labute approximate surface area is 117 Å². The highest BCUT2D eigenvalue weighted by molar-refractivity contribution is 7.92. The van der Waals surface area contributed by atoms with Gasteiger partial charge in [-0.2, -0.15) is 0 Å². The SMILES string of the molecule is CC(CCl)CS(=O)(=O)Nc1cccc2cnccc12. The largest absolute Gasteiger partial charge is 0.283 e. The van der Waals surface area contributed by atoms with Crippen LogP contribution < -0.4 is 4.72 Å². The Morgan fingerprint density at radius 1 is 1.37 bits per heavy atom. The molecule has 1 aromatic heterocycles. The first-order chi connectivity index (χ1) is 9.02. The summed E-state index contributed by atoms with van der Waals surface area (Å²) in [4.78, 5) is 4.02. The third-order valence-electron chi connectivity index (χ3n) is 2.71. The minimum absolute atomic E-state index is 0.0119. The highest BCUT2D eigenvalue weighted by Crippen LogP contribution is 2.23. The highest BCUT2D eigenvalue weighted by atomic mass is 35.5. The fraction of sp³-hybridized carbons (Fsp3) is 0.308. The Morgan fingerprint density at radius 2 is 2.16 bits per heavy atom. The molecule has 0 spiro atoms. The lowest BCUT2D eigenvalue weighted by Crippen LogP contribution is -2.22. The number of anilines is 1. The summed E-state index contributed by atoms with van der Waals surface area (Å²) in [6.45, 7) is 1.80. The van der Waals surface area contributed by atoms with Crippen molar-refractivity contribution in [1.82, 2.24) is 4.98 Å². The summed E-state index contributed by atoms with van der Waals surface area (Å²) < 4.78 is 26.7. The molecule has 102 valence electrons. The van der Waals surface area contributed by atoms with Gasteiger partial charge in [-0.25, -0.2) is 8.42 Å². The number of pyridine rings is 1. The Kier molecular flexibility index (Phi) is 4.27. The van der Waals surface area contributed by atoms with E-state index in [0.29, 0.717) is 11.6 Å². The molecule has 1 unspecified atom stereocenters. The smallest absolute Gasteiger partial charge is 0.233 e. The van der Waals surface area contributed by atoms with Crippen LogP contribution in [0.2, 0.25) is 0 Å². The lowest BCUT2D eigenvalue weighted by atomic mass is 10.1. The molecular formula is C13H15ClN2O2S. The summed E-state index contributed by atoms with van der Waals surface area (Å²) in [6, 6.07) is 7.22. The molecule has 0 aliphatic heterocycles. The van der Waals surface area contributed by atoms with Crippen molar-refractivity contribution in [3.8, 4) is 0 Å². The molecule has 6 heteroatoms. The first-order valence-electron chi connectivity index (χ1n) is 5.91. The number of benzene rings is 1. The van der Waals surface area contributed by atoms with E-state index in [-0.39, 0.29) is 11.7 Å². The van der Waals surface area contributed by atoms with Crippen LogP contribution in [0, 0.1) is 5.92 Å². The molecule has 0 saturated carbocycles. The summed E-state index contributed by atoms with van der Waals surface area (Å²) in [6.07, 6.45) is 3.34. The lowest BCUT2D eigenvalue weighted by Gasteiger charge is -2.12. The van der Waals surface area contributed by atoms with Gasteiger partial charge in [-0.1, -0.05) is 19.1 Å². The third kappa shape index (κ3) is 3.58. The van der Waals surface area contributed by atoms with E-state index in [1.165, 1.54) is 0 Å². The third-order valence-corrected chi connectivity index (χ3v) is 4.78. The second-order valence-corrected chi connectivity index (χ2v) is 6.62. The van der Waals surface area contributed by atoms with E-state index < -0.39 is 10.0 Å². The second kappa shape index (κ2) is 5.75. The van der Waals surface area contributed by atoms with Crippen LogP contribution in [-0.4, -0.2) is 25.0 Å². The number of alkyl halides is 1. The molecule has 0 saturated heterocycles. The first kappa shape index (κ1) is 14.1. The highest BCUT2D eigenvalue weighted by Gasteiger charge is 2.16. The van der Waals surface area contributed by atoms with E-state index in [4.69, 9.17) is 11.6 Å². The Hall–Kier alpha value is -1.33. The minimum atomic E-state index is -3.39. The lowest BCUT2D eigenvalue weighted by molar-refractivity contribution is 0.588. The molecule has 1 atom stereocenters. The van der Waals surface area contributed by atoms with Crippen molar-refractivity contribution < 1.29 is 8.42 Å². The van der Waals surface area contributed by atoms with Crippen LogP contribution in [0.3, 0.4) is 0 Å². The monoisotopic (exact) mass is 298 g/mol. The van der Waals surface area contributed by atoms with E-state index >= 15 is 0 Å². The Bertz CT molecular complexity index is 668. The van der Waals surface area contributed by atoms with Crippen LogP contribution in [0.4, 0.5) is 5.69 Å². The van der Waals surface area contributed by atoms with Gasteiger partial charge in [0, 0.05) is 29.0 Å². The van der Waals surface area contributed by atoms with Crippen LogP contribution in [0.5, 0.6) is 0 Å². The van der Waals surface area contributed by atoms with Crippen molar-refractivity contribution in [1.29, 1.82) is 0 Å². The summed E-state index contributed by atoms with van der Waals surface area (Å²) >= 11 is 5.66. The van der Waals surface area contributed by atoms with Crippen molar-refractivity contribution in [2.75, 3.05) is 16.4 Å². The molecule has 0 aliphatic carbocycles. The van der Waals surface area contributed by atoms with Crippen molar-refractivity contribution in [2.45, 2.75) is 6.92 Å². The normalized spacial score (nSPS) is 13.4. The van der Waals surface area contributed by atoms with Gasteiger partial charge in [0.1, 0.15) is 0 Å². The van der Waals surface area contributed by atoms with Gasteiger partial charge in [-0.15, -0.1) is 11.6 Å². The predicted octanol–water partition coefficient (Wildman–Crippen LogP) is 2.85. The maximum absolute atomic E-state index is 12.0. The molecular weight excluding hydrogens is 284 g/mol. The molecule has 0 amide bonds. The van der Waals surface area contributed by atoms with E-state index in [2.05, 4.69) is 9.71 Å². The van der Waals surface area contributed by atoms with E-state index in [1.54, 1.807) is 37.5 Å². The van der Waals surface area contributed by atoms with Crippen LogP contribution in [-0.2, 0) is 10.0 Å². The average molecular weight is 299 g/mol. The Morgan fingerprint density at radius 3 is 2.89 bits per heavy atom. The maximum Gasteiger partial charge on any atom is 0.233 e. The molecule has 0 radical (unpaired) electrons. The second-order valence-electron chi connectivity index (χ2n) is 4.55. The van der Waals surface area contributed by atoms with E-state index in [9.17, 15) is 8.42 Å². The molecule has 1 N–H and O–H groups in total. The number of hydrogen-bond donors (Lipinski definition) is 1. The quantitative estimate of drug-likeness (QED) is 0.864. The fourth-order valence-electron chi connectivity index (χ4n) is 1.84. The molecule has 1 heterocycles. The van der Waals surface area contributed by atoms with E-state index in [0.717, 1.165) is 10.8 Å². The van der Waals surface area contributed by atoms with Crippen molar-refractivity contribution in [2.24, 2.45) is 5.92 Å². The molecule has 4 nitrogen and oxygen atoms in total. The van der Waals surface area contributed by atoms with Gasteiger partial charge in [0.15, 0.2) is 0 Å². The van der Waals surface area contributed by atoms with Crippen molar-refractivity contribution >= 4 is 38.1 Å². The summed E-state index contributed by atoms with van der Waals surface area (Å²) in [5.41, 5.74) is 0.571. The zero-order valence-electron chi connectivity index (χ0n) is 10.5. The molecule has 0 aliphatic rings. The van der Waals surface area contributed by atoms with Crippen LogP contribution in [0.1, 0.15) is 6.92 Å². The summed E-state index contributed by atoms with van der Waals surface area (Å²) in [5.74, 6) is 0.244. The Balaban J connectivity index is 2.31.